The fraction of sp³-hybridized carbons (Fsp3) is 0.200. The van der Waals surface area contributed by atoms with Gasteiger partial charge in [-0.05, 0) is 55.3 Å². The summed E-state index contributed by atoms with van der Waals surface area (Å²) < 4.78 is 11.4. The maximum absolute atomic E-state index is 12.6. The lowest BCUT2D eigenvalue weighted by Crippen LogP contribution is -2.41. The van der Waals surface area contributed by atoms with Gasteiger partial charge in [0.1, 0.15) is 18.1 Å². The molecule has 0 unspecified atom stereocenters. The van der Waals surface area contributed by atoms with Crippen LogP contribution in [-0.2, 0) is 4.79 Å². The van der Waals surface area contributed by atoms with E-state index in [4.69, 9.17) is 9.47 Å². The van der Waals surface area contributed by atoms with Crippen molar-refractivity contribution in [3.05, 3.63) is 83.4 Å². The second-order valence-electron chi connectivity index (χ2n) is 7.45. The number of fused-ring (bicyclic) bond motifs is 1. The molecule has 3 aromatic carbocycles. The third-order valence-corrected chi connectivity index (χ3v) is 5.12. The number of rotatable bonds is 6. The fourth-order valence-electron chi connectivity index (χ4n) is 3.51. The molecule has 0 atom stereocenters. The SMILES string of the molecule is Cc1cccc(OCCN2C(=O)COc3cc(NC(=O)c4ccccc4C)ccc32)c1. The molecule has 158 valence electrons. The van der Waals surface area contributed by atoms with Gasteiger partial charge in [0, 0.05) is 17.3 Å². The van der Waals surface area contributed by atoms with E-state index >= 15 is 0 Å². The second kappa shape index (κ2) is 8.92. The summed E-state index contributed by atoms with van der Waals surface area (Å²) in [6.07, 6.45) is 0. The first-order valence-corrected chi connectivity index (χ1v) is 10.1. The van der Waals surface area contributed by atoms with Crippen LogP contribution in [0.3, 0.4) is 0 Å². The highest BCUT2D eigenvalue weighted by Gasteiger charge is 2.26. The van der Waals surface area contributed by atoms with Crippen molar-refractivity contribution in [1.82, 2.24) is 0 Å². The van der Waals surface area contributed by atoms with Crippen LogP contribution in [0, 0.1) is 13.8 Å². The number of carbonyl (C=O) groups excluding carboxylic acids is 2. The monoisotopic (exact) mass is 416 g/mol. The van der Waals surface area contributed by atoms with Gasteiger partial charge in [0.05, 0.1) is 12.2 Å². The maximum atomic E-state index is 12.6. The molecule has 0 bridgehead atoms. The van der Waals surface area contributed by atoms with Crippen molar-refractivity contribution in [3.63, 3.8) is 0 Å². The van der Waals surface area contributed by atoms with Crippen LogP contribution in [0.2, 0.25) is 0 Å². The lowest BCUT2D eigenvalue weighted by atomic mass is 10.1. The van der Waals surface area contributed by atoms with Crippen LogP contribution in [0.25, 0.3) is 0 Å². The van der Waals surface area contributed by atoms with E-state index < -0.39 is 0 Å². The number of nitrogens with zero attached hydrogens (tertiary/aromatic N) is 1. The number of anilines is 2. The standard InChI is InChI=1S/C25H24N2O4/c1-17-6-5-8-20(14-17)30-13-12-27-22-11-10-19(15-23(22)31-16-24(27)28)26-25(29)21-9-4-3-7-18(21)2/h3-11,14-15H,12-13,16H2,1-2H3,(H,26,29). The Balaban J connectivity index is 1.45. The average Bonchev–Trinajstić information content (AvgIpc) is 2.75. The van der Waals surface area contributed by atoms with Gasteiger partial charge >= 0.3 is 0 Å². The summed E-state index contributed by atoms with van der Waals surface area (Å²) in [4.78, 5) is 26.7. The average molecular weight is 416 g/mol. The Morgan fingerprint density at radius 2 is 1.90 bits per heavy atom. The molecular weight excluding hydrogens is 392 g/mol. The number of ether oxygens (including phenoxy) is 2. The molecule has 1 N–H and O–H groups in total. The Kier molecular flexibility index (Phi) is 5.89. The normalized spacial score (nSPS) is 12.7. The van der Waals surface area contributed by atoms with E-state index in [1.807, 2.05) is 56.3 Å². The van der Waals surface area contributed by atoms with Crippen LogP contribution in [0.5, 0.6) is 11.5 Å². The van der Waals surface area contributed by atoms with E-state index in [-0.39, 0.29) is 18.4 Å². The van der Waals surface area contributed by atoms with Crippen molar-refractivity contribution >= 4 is 23.2 Å². The van der Waals surface area contributed by atoms with Gasteiger partial charge in [-0.15, -0.1) is 0 Å². The Hall–Kier alpha value is -3.80. The van der Waals surface area contributed by atoms with Crippen LogP contribution in [0.1, 0.15) is 21.5 Å². The highest BCUT2D eigenvalue weighted by molar-refractivity contribution is 6.06. The largest absolute Gasteiger partial charge is 0.492 e. The van der Waals surface area contributed by atoms with Crippen molar-refractivity contribution in [3.8, 4) is 11.5 Å². The van der Waals surface area contributed by atoms with Crippen LogP contribution < -0.4 is 19.7 Å². The highest BCUT2D eigenvalue weighted by atomic mass is 16.5. The molecule has 1 heterocycles. The first-order chi connectivity index (χ1) is 15.0. The molecule has 6 nitrogen and oxygen atoms in total. The molecule has 6 heteroatoms. The van der Waals surface area contributed by atoms with Crippen LogP contribution >= 0.6 is 0 Å². The van der Waals surface area contributed by atoms with Crippen LogP contribution in [-0.4, -0.2) is 31.6 Å². The van der Waals surface area contributed by atoms with Gasteiger partial charge in [0.25, 0.3) is 11.8 Å². The number of hydrogen-bond acceptors (Lipinski definition) is 4. The van der Waals surface area contributed by atoms with Gasteiger partial charge in [0.2, 0.25) is 0 Å². The summed E-state index contributed by atoms with van der Waals surface area (Å²) in [6, 6.07) is 20.5. The van der Waals surface area contributed by atoms with Crippen molar-refractivity contribution in [1.29, 1.82) is 0 Å². The van der Waals surface area contributed by atoms with Gasteiger partial charge in [-0.2, -0.15) is 0 Å². The molecule has 0 saturated heterocycles. The van der Waals surface area contributed by atoms with E-state index in [0.29, 0.717) is 35.8 Å². The molecule has 2 amide bonds. The molecule has 0 aliphatic carbocycles. The van der Waals surface area contributed by atoms with Gasteiger partial charge in [-0.3, -0.25) is 9.59 Å². The summed E-state index contributed by atoms with van der Waals surface area (Å²) in [5.41, 5.74) is 3.91. The Morgan fingerprint density at radius 1 is 1.06 bits per heavy atom. The second-order valence-corrected chi connectivity index (χ2v) is 7.45. The van der Waals surface area contributed by atoms with Crippen LogP contribution in [0.4, 0.5) is 11.4 Å². The zero-order chi connectivity index (χ0) is 21.8. The molecule has 0 fully saturated rings. The lowest BCUT2D eigenvalue weighted by molar-refractivity contribution is -0.121. The third-order valence-electron chi connectivity index (χ3n) is 5.12. The van der Waals surface area contributed by atoms with E-state index in [1.165, 1.54) is 0 Å². The summed E-state index contributed by atoms with van der Waals surface area (Å²) >= 11 is 0. The van der Waals surface area contributed by atoms with E-state index in [9.17, 15) is 9.59 Å². The minimum atomic E-state index is -0.187. The Bertz CT molecular complexity index is 1130. The molecule has 31 heavy (non-hydrogen) atoms. The molecule has 1 aliphatic heterocycles. The summed E-state index contributed by atoms with van der Waals surface area (Å²) in [5.74, 6) is 1.01. The maximum Gasteiger partial charge on any atom is 0.265 e. The third kappa shape index (κ3) is 4.69. The van der Waals surface area contributed by atoms with E-state index in [0.717, 1.165) is 16.9 Å². The Labute approximate surface area is 181 Å². The van der Waals surface area contributed by atoms with Gasteiger partial charge in [0.15, 0.2) is 6.61 Å². The summed E-state index contributed by atoms with van der Waals surface area (Å²) in [5, 5.41) is 2.90. The molecule has 0 aromatic heterocycles. The quantitative estimate of drug-likeness (QED) is 0.648. The van der Waals surface area contributed by atoms with Crippen molar-refractivity contribution in [2.45, 2.75) is 13.8 Å². The number of nitrogens with one attached hydrogen (secondary N) is 1. The molecule has 3 aromatic rings. The highest BCUT2D eigenvalue weighted by Crippen LogP contribution is 2.34. The predicted molar refractivity (Wildman–Crippen MR) is 120 cm³/mol. The molecule has 0 radical (unpaired) electrons. The molecule has 0 spiro atoms. The number of benzene rings is 3. The lowest BCUT2D eigenvalue weighted by Gasteiger charge is -2.29. The number of amides is 2. The first-order valence-electron chi connectivity index (χ1n) is 10.1. The molecule has 4 rings (SSSR count). The van der Waals surface area contributed by atoms with Crippen molar-refractivity contribution < 1.29 is 19.1 Å². The minimum Gasteiger partial charge on any atom is -0.492 e. The van der Waals surface area contributed by atoms with E-state index in [1.54, 1.807) is 29.2 Å². The fourth-order valence-corrected chi connectivity index (χ4v) is 3.51. The number of carbonyl (C=O) groups is 2. The van der Waals surface area contributed by atoms with E-state index in [2.05, 4.69) is 5.32 Å². The van der Waals surface area contributed by atoms with Crippen molar-refractivity contribution in [2.24, 2.45) is 0 Å². The zero-order valence-electron chi connectivity index (χ0n) is 17.6. The molecule has 0 saturated carbocycles. The zero-order valence-corrected chi connectivity index (χ0v) is 17.6. The molecular formula is C25H24N2O4. The summed E-state index contributed by atoms with van der Waals surface area (Å²) in [6.45, 7) is 4.61. The summed E-state index contributed by atoms with van der Waals surface area (Å²) in [7, 11) is 0. The van der Waals surface area contributed by atoms with Gasteiger partial charge < -0.3 is 19.7 Å². The van der Waals surface area contributed by atoms with Crippen LogP contribution in [0.15, 0.2) is 66.7 Å². The first kappa shape index (κ1) is 20.5. The molecule has 1 aliphatic rings. The minimum absolute atomic E-state index is 0.0490. The smallest absolute Gasteiger partial charge is 0.265 e. The van der Waals surface area contributed by atoms with Crippen molar-refractivity contribution in [2.75, 3.05) is 30.0 Å². The predicted octanol–water partition coefficient (Wildman–Crippen LogP) is 4.36. The Morgan fingerprint density at radius 3 is 2.71 bits per heavy atom. The number of aryl methyl sites for hydroxylation is 2. The topological polar surface area (TPSA) is 67.9 Å². The van der Waals surface area contributed by atoms with Gasteiger partial charge in [-0.1, -0.05) is 30.3 Å². The number of hydrogen-bond donors (Lipinski definition) is 1. The van der Waals surface area contributed by atoms with Gasteiger partial charge in [-0.25, -0.2) is 0 Å².